The summed E-state index contributed by atoms with van der Waals surface area (Å²) in [6.07, 6.45) is 1.80. The Kier molecular flexibility index (Phi) is 3.71. The number of likely N-dealkylation sites (N-methyl/N-ethyl adjacent to an activating group) is 1. The van der Waals surface area contributed by atoms with Gasteiger partial charge in [-0.25, -0.2) is 4.98 Å². The van der Waals surface area contributed by atoms with Crippen LogP contribution in [0.2, 0.25) is 0 Å². The molecule has 1 aromatic rings. The average Bonchev–Trinajstić information content (AvgIpc) is 2.14. The highest BCUT2D eigenvalue weighted by atomic mass is 16.3. The summed E-state index contributed by atoms with van der Waals surface area (Å²) >= 11 is 0. The van der Waals surface area contributed by atoms with Gasteiger partial charge < -0.3 is 10.0 Å². The molecule has 0 saturated carbocycles. The second-order valence-corrected chi connectivity index (χ2v) is 2.99. The molecule has 0 unspecified atom stereocenters. The van der Waals surface area contributed by atoms with Crippen molar-refractivity contribution in [3.05, 3.63) is 23.9 Å². The molecule has 0 spiro atoms. The van der Waals surface area contributed by atoms with Gasteiger partial charge in [0.1, 0.15) is 5.82 Å². The van der Waals surface area contributed by atoms with Crippen molar-refractivity contribution in [3.63, 3.8) is 0 Å². The molecule has 0 aliphatic carbocycles. The normalized spacial score (nSPS) is 10.1. The molecule has 3 heteroatoms. The summed E-state index contributed by atoms with van der Waals surface area (Å²) in [6, 6.07) is 4.00. The third-order valence-electron chi connectivity index (χ3n) is 1.98. The van der Waals surface area contributed by atoms with Gasteiger partial charge >= 0.3 is 0 Å². The van der Waals surface area contributed by atoms with Crippen molar-refractivity contribution in [3.8, 4) is 0 Å². The lowest BCUT2D eigenvalue weighted by molar-refractivity contribution is 0.302. The lowest BCUT2D eigenvalue weighted by atomic mass is 10.3. The van der Waals surface area contributed by atoms with E-state index in [-0.39, 0.29) is 6.61 Å². The Morgan fingerprint density at radius 2 is 2.31 bits per heavy atom. The van der Waals surface area contributed by atoms with Crippen LogP contribution in [0.4, 0.5) is 5.82 Å². The number of rotatable bonds is 4. The van der Waals surface area contributed by atoms with Crippen molar-refractivity contribution >= 4 is 5.82 Å². The van der Waals surface area contributed by atoms with Crippen molar-refractivity contribution in [2.45, 2.75) is 13.8 Å². The average molecular weight is 180 g/mol. The first kappa shape index (κ1) is 9.99. The summed E-state index contributed by atoms with van der Waals surface area (Å²) in [6.45, 7) is 5.78. The summed E-state index contributed by atoms with van der Waals surface area (Å²) in [5.74, 6) is 0.941. The Labute approximate surface area is 79.0 Å². The Balaban J connectivity index is 2.78. The molecule has 0 bridgehead atoms. The van der Waals surface area contributed by atoms with Crippen LogP contribution in [-0.4, -0.2) is 29.8 Å². The molecular formula is C10H16N2O. The van der Waals surface area contributed by atoms with E-state index in [2.05, 4.69) is 11.9 Å². The maximum Gasteiger partial charge on any atom is 0.128 e. The number of aliphatic hydroxyl groups is 1. The first-order valence-corrected chi connectivity index (χ1v) is 4.56. The number of aromatic nitrogens is 1. The van der Waals surface area contributed by atoms with Crippen LogP contribution >= 0.6 is 0 Å². The van der Waals surface area contributed by atoms with Crippen LogP contribution in [0.15, 0.2) is 18.3 Å². The molecule has 1 aromatic heterocycles. The fourth-order valence-electron chi connectivity index (χ4n) is 1.25. The van der Waals surface area contributed by atoms with Crippen molar-refractivity contribution < 1.29 is 5.11 Å². The largest absolute Gasteiger partial charge is 0.395 e. The molecule has 0 amide bonds. The number of aliphatic hydroxyl groups excluding tert-OH is 1. The SMILES string of the molecule is CCN(CCO)c1cc(C)ccn1. The molecule has 1 N–H and O–H groups in total. The summed E-state index contributed by atoms with van der Waals surface area (Å²) in [7, 11) is 0. The van der Waals surface area contributed by atoms with E-state index in [4.69, 9.17) is 5.11 Å². The number of anilines is 1. The molecule has 0 saturated heterocycles. The zero-order chi connectivity index (χ0) is 9.68. The third kappa shape index (κ3) is 2.70. The predicted molar refractivity (Wildman–Crippen MR) is 53.9 cm³/mol. The van der Waals surface area contributed by atoms with Crippen LogP contribution in [0.3, 0.4) is 0 Å². The van der Waals surface area contributed by atoms with Gasteiger partial charge in [-0.05, 0) is 31.5 Å². The summed E-state index contributed by atoms with van der Waals surface area (Å²) < 4.78 is 0. The number of nitrogens with zero attached hydrogens (tertiary/aromatic N) is 2. The number of pyridine rings is 1. The van der Waals surface area contributed by atoms with Gasteiger partial charge in [0.2, 0.25) is 0 Å². The highest BCUT2D eigenvalue weighted by Gasteiger charge is 2.03. The highest BCUT2D eigenvalue weighted by molar-refractivity contribution is 5.40. The van der Waals surface area contributed by atoms with Crippen molar-refractivity contribution in [2.75, 3.05) is 24.6 Å². The number of aryl methyl sites for hydroxylation is 1. The third-order valence-corrected chi connectivity index (χ3v) is 1.98. The molecule has 0 aromatic carbocycles. The van der Waals surface area contributed by atoms with Crippen molar-refractivity contribution in [1.82, 2.24) is 4.98 Å². The van der Waals surface area contributed by atoms with Crippen LogP contribution in [0.1, 0.15) is 12.5 Å². The Bertz CT molecular complexity index is 263. The first-order valence-electron chi connectivity index (χ1n) is 4.56. The second kappa shape index (κ2) is 4.82. The van der Waals surface area contributed by atoms with Gasteiger partial charge in [0.05, 0.1) is 6.61 Å². The minimum Gasteiger partial charge on any atom is -0.395 e. The molecule has 0 radical (unpaired) electrons. The standard InChI is InChI=1S/C10H16N2O/c1-3-12(6-7-13)10-8-9(2)4-5-11-10/h4-5,8,13H,3,6-7H2,1-2H3. The summed E-state index contributed by atoms with van der Waals surface area (Å²) in [5.41, 5.74) is 1.20. The first-order chi connectivity index (χ1) is 6.27. The van der Waals surface area contributed by atoms with E-state index < -0.39 is 0 Å². The Hall–Kier alpha value is -1.09. The lowest BCUT2D eigenvalue weighted by Crippen LogP contribution is -2.26. The molecule has 1 rings (SSSR count). The molecule has 72 valence electrons. The fourth-order valence-corrected chi connectivity index (χ4v) is 1.25. The van der Waals surface area contributed by atoms with Crippen molar-refractivity contribution in [2.24, 2.45) is 0 Å². The van der Waals surface area contributed by atoms with E-state index in [9.17, 15) is 0 Å². The molecule has 0 fully saturated rings. The highest BCUT2D eigenvalue weighted by Crippen LogP contribution is 2.10. The topological polar surface area (TPSA) is 36.4 Å². The van der Waals surface area contributed by atoms with Gasteiger partial charge in [0, 0.05) is 19.3 Å². The maximum absolute atomic E-state index is 8.83. The Morgan fingerprint density at radius 1 is 1.54 bits per heavy atom. The number of hydrogen-bond donors (Lipinski definition) is 1. The molecule has 1 heterocycles. The van der Waals surface area contributed by atoms with Gasteiger partial charge in [-0.2, -0.15) is 0 Å². The monoisotopic (exact) mass is 180 g/mol. The van der Waals surface area contributed by atoms with E-state index in [1.54, 1.807) is 6.20 Å². The summed E-state index contributed by atoms with van der Waals surface area (Å²) in [5, 5.41) is 8.83. The van der Waals surface area contributed by atoms with E-state index in [1.165, 1.54) is 5.56 Å². The maximum atomic E-state index is 8.83. The van der Waals surface area contributed by atoms with E-state index in [0.29, 0.717) is 6.54 Å². The fraction of sp³-hybridized carbons (Fsp3) is 0.500. The Morgan fingerprint density at radius 3 is 2.85 bits per heavy atom. The van der Waals surface area contributed by atoms with Crippen LogP contribution in [0.5, 0.6) is 0 Å². The second-order valence-electron chi connectivity index (χ2n) is 2.99. The van der Waals surface area contributed by atoms with E-state index >= 15 is 0 Å². The zero-order valence-electron chi connectivity index (χ0n) is 8.20. The summed E-state index contributed by atoms with van der Waals surface area (Å²) in [4.78, 5) is 6.29. The number of hydrogen-bond acceptors (Lipinski definition) is 3. The lowest BCUT2D eigenvalue weighted by Gasteiger charge is -2.20. The molecule has 3 nitrogen and oxygen atoms in total. The van der Waals surface area contributed by atoms with E-state index in [0.717, 1.165) is 12.4 Å². The van der Waals surface area contributed by atoms with Gasteiger partial charge in [0.15, 0.2) is 0 Å². The van der Waals surface area contributed by atoms with Gasteiger partial charge in [0.25, 0.3) is 0 Å². The zero-order valence-corrected chi connectivity index (χ0v) is 8.20. The van der Waals surface area contributed by atoms with Gasteiger partial charge in [-0.1, -0.05) is 0 Å². The van der Waals surface area contributed by atoms with Gasteiger partial charge in [-0.15, -0.1) is 0 Å². The predicted octanol–water partition coefficient (Wildman–Crippen LogP) is 1.21. The smallest absolute Gasteiger partial charge is 0.128 e. The van der Waals surface area contributed by atoms with Crippen LogP contribution < -0.4 is 4.90 Å². The van der Waals surface area contributed by atoms with Crippen LogP contribution in [-0.2, 0) is 0 Å². The molecular weight excluding hydrogens is 164 g/mol. The van der Waals surface area contributed by atoms with Crippen LogP contribution in [0.25, 0.3) is 0 Å². The van der Waals surface area contributed by atoms with Crippen LogP contribution in [0, 0.1) is 6.92 Å². The molecule has 13 heavy (non-hydrogen) atoms. The van der Waals surface area contributed by atoms with Gasteiger partial charge in [-0.3, -0.25) is 0 Å². The van der Waals surface area contributed by atoms with E-state index in [1.807, 2.05) is 24.0 Å². The quantitative estimate of drug-likeness (QED) is 0.756. The molecule has 0 atom stereocenters. The van der Waals surface area contributed by atoms with Crippen molar-refractivity contribution in [1.29, 1.82) is 0 Å². The molecule has 0 aliphatic heterocycles. The minimum absolute atomic E-state index is 0.170. The minimum atomic E-state index is 0.170. The molecule has 0 aliphatic rings.